The molecular formula is C12H21NO. The summed E-state index contributed by atoms with van der Waals surface area (Å²) in [6.45, 7) is 6.03. The fraction of sp³-hybridized carbons (Fsp3) is 0.500. The summed E-state index contributed by atoms with van der Waals surface area (Å²) in [6.07, 6.45) is 10.5. The molecule has 0 aromatic rings. The van der Waals surface area contributed by atoms with Gasteiger partial charge in [-0.15, -0.1) is 0 Å². The van der Waals surface area contributed by atoms with Gasteiger partial charge in [-0.1, -0.05) is 18.2 Å². The van der Waals surface area contributed by atoms with Gasteiger partial charge in [-0.05, 0) is 38.8 Å². The third-order valence-corrected chi connectivity index (χ3v) is 1.57. The molecule has 0 atom stereocenters. The summed E-state index contributed by atoms with van der Waals surface area (Å²) in [5.41, 5.74) is 6.97. The average Bonchev–Trinajstić information content (AvgIpc) is 2.02. The van der Waals surface area contributed by atoms with Crippen LogP contribution in [0.15, 0.2) is 36.1 Å². The van der Waals surface area contributed by atoms with E-state index in [0.29, 0.717) is 0 Å². The predicted molar refractivity (Wildman–Crippen MR) is 61.9 cm³/mol. The van der Waals surface area contributed by atoms with Crippen LogP contribution in [-0.2, 0) is 4.74 Å². The van der Waals surface area contributed by atoms with Gasteiger partial charge in [0.2, 0.25) is 0 Å². The molecule has 80 valence electrons. The van der Waals surface area contributed by atoms with Gasteiger partial charge in [0.15, 0.2) is 0 Å². The normalized spacial score (nSPS) is 14.2. The molecule has 2 nitrogen and oxygen atoms in total. The zero-order valence-electron chi connectivity index (χ0n) is 9.58. The first-order valence-electron chi connectivity index (χ1n) is 4.79. The summed E-state index contributed by atoms with van der Waals surface area (Å²) in [5.74, 6) is 0. The second-order valence-electron chi connectivity index (χ2n) is 3.97. The predicted octanol–water partition coefficient (Wildman–Crippen LogP) is 2.78. The zero-order chi connectivity index (χ0) is 11.0. The van der Waals surface area contributed by atoms with Crippen molar-refractivity contribution < 1.29 is 4.74 Å². The Kier molecular flexibility index (Phi) is 5.97. The molecule has 0 fully saturated rings. The molecule has 0 rings (SSSR count). The van der Waals surface area contributed by atoms with Crippen LogP contribution in [0.25, 0.3) is 0 Å². The maximum absolute atomic E-state index is 5.94. The van der Waals surface area contributed by atoms with Crippen LogP contribution in [0.3, 0.4) is 0 Å². The Morgan fingerprint density at radius 3 is 2.50 bits per heavy atom. The third-order valence-electron chi connectivity index (χ3n) is 1.57. The minimum atomic E-state index is -0.174. The maximum atomic E-state index is 5.94. The number of ether oxygens (including phenoxy) is 1. The first kappa shape index (κ1) is 13.0. The second kappa shape index (κ2) is 6.44. The standard InChI is InChI=1S/C12H21NO/c1-5-7-11(8-6-9-14-4)10-12(2,3)13/h5-9H,10,13H2,1-4H3/b7-5-,9-6+,11-8+. The lowest BCUT2D eigenvalue weighted by Gasteiger charge is -2.18. The van der Waals surface area contributed by atoms with E-state index in [9.17, 15) is 0 Å². The van der Waals surface area contributed by atoms with Crippen LogP contribution in [0.5, 0.6) is 0 Å². The lowest BCUT2D eigenvalue weighted by atomic mass is 9.95. The molecule has 0 spiro atoms. The van der Waals surface area contributed by atoms with Gasteiger partial charge < -0.3 is 10.5 Å². The van der Waals surface area contributed by atoms with E-state index in [2.05, 4.69) is 6.08 Å². The van der Waals surface area contributed by atoms with Gasteiger partial charge in [0.05, 0.1) is 13.4 Å². The van der Waals surface area contributed by atoms with Crippen molar-refractivity contribution in [2.75, 3.05) is 7.11 Å². The molecule has 0 radical (unpaired) electrons. The van der Waals surface area contributed by atoms with E-state index in [1.807, 2.05) is 39.0 Å². The second-order valence-corrected chi connectivity index (χ2v) is 3.97. The van der Waals surface area contributed by atoms with Crippen molar-refractivity contribution in [2.24, 2.45) is 5.73 Å². The molecule has 0 saturated carbocycles. The van der Waals surface area contributed by atoms with Crippen molar-refractivity contribution in [2.45, 2.75) is 32.7 Å². The van der Waals surface area contributed by atoms with Crippen LogP contribution >= 0.6 is 0 Å². The van der Waals surface area contributed by atoms with Gasteiger partial charge >= 0.3 is 0 Å². The van der Waals surface area contributed by atoms with Gasteiger partial charge in [0.1, 0.15) is 0 Å². The quantitative estimate of drug-likeness (QED) is 0.541. The minimum absolute atomic E-state index is 0.174. The topological polar surface area (TPSA) is 35.2 Å². The molecule has 2 N–H and O–H groups in total. The molecule has 0 aromatic heterocycles. The number of allylic oxidation sites excluding steroid dienone is 4. The van der Waals surface area contributed by atoms with Gasteiger partial charge in [0.25, 0.3) is 0 Å². The fourth-order valence-corrected chi connectivity index (χ4v) is 1.16. The molecule has 14 heavy (non-hydrogen) atoms. The summed E-state index contributed by atoms with van der Waals surface area (Å²) in [4.78, 5) is 0. The minimum Gasteiger partial charge on any atom is -0.504 e. The van der Waals surface area contributed by atoms with Crippen LogP contribution in [0, 0.1) is 0 Å². The molecule has 2 heteroatoms. The summed E-state index contributed by atoms with van der Waals surface area (Å²) in [7, 11) is 1.63. The zero-order valence-corrected chi connectivity index (χ0v) is 9.58. The van der Waals surface area contributed by atoms with Crippen molar-refractivity contribution in [1.82, 2.24) is 0 Å². The van der Waals surface area contributed by atoms with Crippen LogP contribution in [0.1, 0.15) is 27.2 Å². The summed E-state index contributed by atoms with van der Waals surface area (Å²) >= 11 is 0. The SMILES string of the molecule is C\C=C/C(=C\C=C\OC)CC(C)(C)N. The Hall–Kier alpha value is -1.02. The smallest absolute Gasteiger partial charge is 0.0824 e. The summed E-state index contributed by atoms with van der Waals surface area (Å²) in [6, 6.07) is 0. The Labute approximate surface area is 87.1 Å². The van der Waals surface area contributed by atoms with Crippen LogP contribution < -0.4 is 5.73 Å². The Balaban J connectivity index is 4.44. The third kappa shape index (κ3) is 7.62. The largest absolute Gasteiger partial charge is 0.504 e. The Morgan fingerprint density at radius 1 is 1.43 bits per heavy atom. The summed E-state index contributed by atoms with van der Waals surface area (Å²) in [5, 5.41) is 0. The van der Waals surface area contributed by atoms with E-state index < -0.39 is 0 Å². The molecule has 0 saturated heterocycles. The fourth-order valence-electron chi connectivity index (χ4n) is 1.16. The molecule has 0 heterocycles. The van der Waals surface area contributed by atoms with Crippen LogP contribution in [0.4, 0.5) is 0 Å². The van der Waals surface area contributed by atoms with Crippen molar-refractivity contribution >= 4 is 0 Å². The average molecular weight is 195 g/mol. The Morgan fingerprint density at radius 2 is 2.07 bits per heavy atom. The molecule has 0 aliphatic carbocycles. The number of hydrogen-bond donors (Lipinski definition) is 1. The van der Waals surface area contributed by atoms with Gasteiger partial charge in [-0.2, -0.15) is 0 Å². The highest BCUT2D eigenvalue weighted by Crippen LogP contribution is 2.14. The van der Waals surface area contributed by atoms with Crippen LogP contribution in [0.2, 0.25) is 0 Å². The number of methoxy groups -OCH3 is 1. The highest BCUT2D eigenvalue weighted by atomic mass is 16.5. The Bertz CT molecular complexity index is 231. The molecule has 0 unspecified atom stereocenters. The lowest BCUT2D eigenvalue weighted by Crippen LogP contribution is -2.31. The number of rotatable bonds is 5. The molecule has 0 aliphatic rings. The molecule has 0 aromatic carbocycles. The van der Waals surface area contributed by atoms with E-state index in [0.717, 1.165) is 6.42 Å². The molecule has 0 aliphatic heterocycles. The summed E-state index contributed by atoms with van der Waals surface area (Å²) < 4.78 is 4.82. The number of nitrogens with two attached hydrogens (primary N) is 1. The monoisotopic (exact) mass is 195 g/mol. The highest BCUT2D eigenvalue weighted by molar-refractivity contribution is 5.24. The first-order valence-corrected chi connectivity index (χ1v) is 4.79. The van der Waals surface area contributed by atoms with Crippen molar-refractivity contribution in [3.63, 3.8) is 0 Å². The molecule has 0 amide bonds. The first-order chi connectivity index (χ1) is 6.49. The van der Waals surface area contributed by atoms with Gasteiger partial charge in [-0.25, -0.2) is 0 Å². The molecule has 0 bridgehead atoms. The van der Waals surface area contributed by atoms with E-state index >= 15 is 0 Å². The van der Waals surface area contributed by atoms with Crippen molar-refractivity contribution in [3.8, 4) is 0 Å². The van der Waals surface area contributed by atoms with Crippen molar-refractivity contribution in [3.05, 3.63) is 36.1 Å². The van der Waals surface area contributed by atoms with E-state index in [-0.39, 0.29) is 5.54 Å². The lowest BCUT2D eigenvalue weighted by molar-refractivity contribution is 0.338. The maximum Gasteiger partial charge on any atom is 0.0824 e. The van der Waals surface area contributed by atoms with Crippen molar-refractivity contribution in [1.29, 1.82) is 0 Å². The number of hydrogen-bond acceptors (Lipinski definition) is 2. The van der Waals surface area contributed by atoms with Gasteiger partial charge in [-0.3, -0.25) is 0 Å². The van der Waals surface area contributed by atoms with E-state index in [1.54, 1.807) is 13.4 Å². The molecular weight excluding hydrogens is 174 g/mol. The van der Waals surface area contributed by atoms with E-state index in [1.165, 1.54) is 5.57 Å². The van der Waals surface area contributed by atoms with Gasteiger partial charge in [0, 0.05) is 5.54 Å². The highest BCUT2D eigenvalue weighted by Gasteiger charge is 2.11. The van der Waals surface area contributed by atoms with Crippen LogP contribution in [-0.4, -0.2) is 12.6 Å². The van der Waals surface area contributed by atoms with E-state index in [4.69, 9.17) is 10.5 Å².